The van der Waals surface area contributed by atoms with E-state index in [1.807, 2.05) is 0 Å². The lowest BCUT2D eigenvalue weighted by molar-refractivity contribution is -0.174. The average molecular weight is 238 g/mol. The van der Waals surface area contributed by atoms with Gasteiger partial charge in [-0.3, -0.25) is 4.90 Å². The molecule has 0 unspecified atom stereocenters. The van der Waals surface area contributed by atoms with Crippen molar-refractivity contribution in [2.45, 2.75) is 18.6 Å². The molecule has 1 N–H and O–H groups in total. The Morgan fingerprint density at radius 1 is 1.31 bits per heavy atom. The Balaban J connectivity index is 1.58. The molecule has 0 aromatic rings. The monoisotopic (exact) mass is 238 g/mol. The molecule has 6 heteroatoms. The predicted molar refractivity (Wildman–Crippen MR) is 53.2 cm³/mol. The lowest BCUT2D eigenvalue weighted by Crippen LogP contribution is -2.32. The minimum absolute atomic E-state index is 0.166. The molecule has 0 amide bonds. The lowest BCUT2D eigenvalue weighted by atomic mass is 10.1. The van der Waals surface area contributed by atoms with E-state index in [0.29, 0.717) is 18.5 Å². The van der Waals surface area contributed by atoms with Gasteiger partial charge in [0.25, 0.3) is 0 Å². The van der Waals surface area contributed by atoms with E-state index in [9.17, 15) is 13.2 Å². The summed E-state index contributed by atoms with van der Waals surface area (Å²) in [6, 6.07) is 0.544. The van der Waals surface area contributed by atoms with Crippen LogP contribution >= 0.6 is 0 Å². The highest BCUT2D eigenvalue weighted by atomic mass is 19.4. The van der Waals surface area contributed by atoms with Crippen LogP contribution in [0.3, 0.4) is 0 Å². The number of hydrogen-bond donors (Lipinski definition) is 1. The van der Waals surface area contributed by atoms with Crippen LogP contribution < -0.4 is 5.32 Å². The van der Waals surface area contributed by atoms with E-state index in [1.54, 1.807) is 0 Å². The second kappa shape index (κ2) is 4.89. The molecule has 2 atom stereocenters. The van der Waals surface area contributed by atoms with Gasteiger partial charge < -0.3 is 10.1 Å². The molecular formula is C10H17F3N2O. The molecule has 2 heterocycles. The van der Waals surface area contributed by atoms with Crippen molar-refractivity contribution in [3.63, 3.8) is 0 Å². The normalized spacial score (nSPS) is 30.9. The first kappa shape index (κ1) is 12.1. The molecule has 3 nitrogen and oxygen atoms in total. The Bertz CT molecular complexity index is 223. The van der Waals surface area contributed by atoms with Crippen molar-refractivity contribution in [2.24, 2.45) is 5.92 Å². The van der Waals surface area contributed by atoms with Crippen molar-refractivity contribution in [3.05, 3.63) is 0 Å². The summed E-state index contributed by atoms with van der Waals surface area (Å²) in [5.74, 6) is 0.683. The predicted octanol–water partition coefficient (Wildman–Crippen LogP) is 0.859. The van der Waals surface area contributed by atoms with Crippen LogP contribution in [0.4, 0.5) is 13.2 Å². The van der Waals surface area contributed by atoms with Crippen LogP contribution in [0.1, 0.15) is 6.42 Å². The summed E-state index contributed by atoms with van der Waals surface area (Å²) in [5, 5.41) is 3.40. The number of rotatable bonds is 4. The third kappa shape index (κ3) is 3.33. The zero-order valence-corrected chi connectivity index (χ0v) is 9.09. The van der Waals surface area contributed by atoms with Crippen molar-refractivity contribution in [2.75, 3.05) is 39.4 Å². The van der Waals surface area contributed by atoms with Gasteiger partial charge in [-0.05, 0) is 18.9 Å². The van der Waals surface area contributed by atoms with Crippen molar-refractivity contribution in [3.8, 4) is 0 Å². The van der Waals surface area contributed by atoms with Crippen LogP contribution in [0.25, 0.3) is 0 Å². The second-order valence-corrected chi connectivity index (χ2v) is 4.54. The van der Waals surface area contributed by atoms with Gasteiger partial charge in [0.05, 0.1) is 6.61 Å². The van der Waals surface area contributed by atoms with E-state index >= 15 is 0 Å². The minimum atomic E-state index is -4.21. The Kier molecular flexibility index (Phi) is 3.71. The Morgan fingerprint density at radius 3 is 2.81 bits per heavy atom. The standard InChI is InChI=1S/C10H17F3N2O/c11-10(12,13)7-16-4-3-15-5-8-1-2-14-9(8)6-15/h8-9,14H,1-7H2/t8-,9+/m0/s1. The molecule has 0 bridgehead atoms. The third-order valence-electron chi connectivity index (χ3n) is 3.26. The van der Waals surface area contributed by atoms with Crippen LogP contribution in [0.15, 0.2) is 0 Å². The third-order valence-corrected chi connectivity index (χ3v) is 3.26. The highest BCUT2D eigenvalue weighted by molar-refractivity contribution is 4.93. The van der Waals surface area contributed by atoms with E-state index < -0.39 is 12.8 Å². The number of nitrogens with zero attached hydrogens (tertiary/aromatic N) is 1. The number of alkyl halides is 3. The molecule has 0 aliphatic carbocycles. The molecule has 0 saturated carbocycles. The molecule has 0 aromatic carbocycles. The maximum absolute atomic E-state index is 11.8. The number of nitrogens with one attached hydrogen (secondary N) is 1. The van der Waals surface area contributed by atoms with Crippen LogP contribution in [0.2, 0.25) is 0 Å². The SMILES string of the molecule is FC(F)(F)COCCN1C[C@@H]2CCN[C@@H]2C1. The number of hydrogen-bond acceptors (Lipinski definition) is 3. The van der Waals surface area contributed by atoms with E-state index in [1.165, 1.54) is 6.42 Å². The van der Waals surface area contributed by atoms with Gasteiger partial charge in [-0.2, -0.15) is 13.2 Å². The number of likely N-dealkylation sites (tertiary alicyclic amines) is 1. The van der Waals surface area contributed by atoms with Crippen LogP contribution in [-0.4, -0.2) is 56.5 Å². The first-order valence-corrected chi connectivity index (χ1v) is 5.65. The zero-order chi connectivity index (χ0) is 11.6. The first-order valence-electron chi connectivity index (χ1n) is 5.65. The Labute approximate surface area is 92.9 Å². The summed E-state index contributed by atoms with van der Waals surface area (Å²) < 4.78 is 40.0. The van der Waals surface area contributed by atoms with E-state index in [0.717, 1.165) is 19.6 Å². The van der Waals surface area contributed by atoms with Crippen molar-refractivity contribution < 1.29 is 17.9 Å². The second-order valence-electron chi connectivity index (χ2n) is 4.54. The van der Waals surface area contributed by atoms with Gasteiger partial charge in [-0.25, -0.2) is 0 Å². The van der Waals surface area contributed by atoms with Gasteiger partial charge in [0.15, 0.2) is 0 Å². The molecule has 2 aliphatic heterocycles. The topological polar surface area (TPSA) is 24.5 Å². The fraction of sp³-hybridized carbons (Fsp3) is 1.00. The molecule has 0 radical (unpaired) electrons. The highest BCUT2D eigenvalue weighted by Gasteiger charge is 2.35. The van der Waals surface area contributed by atoms with Crippen molar-refractivity contribution in [1.29, 1.82) is 0 Å². The van der Waals surface area contributed by atoms with E-state index in [-0.39, 0.29) is 6.61 Å². The summed E-state index contributed by atoms with van der Waals surface area (Å²) in [5.41, 5.74) is 0. The Hall–Kier alpha value is -0.330. The minimum Gasteiger partial charge on any atom is -0.371 e. The maximum Gasteiger partial charge on any atom is 0.411 e. The van der Waals surface area contributed by atoms with Crippen molar-refractivity contribution >= 4 is 0 Å². The number of halogens is 3. The van der Waals surface area contributed by atoms with Gasteiger partial charge in [0.1, 0.15) is 6.61 Å². The molecule has 0 aromatic heterocycles. The fourth-order valence-electron chi connectivity index (χ4n) is 2.50. The van der Waals surface area contributed by atoms with Gasteiger partial charge in [0.2, 0.25) is 0 Å². The lowest BCUT2D eigenvalue weighted by Gasteiger charge is -2.17. The zero-order valence-electron chi connectivity index (χ0n) is 9.09. The number of fused-ring (bicyclic) bond motifs is 1. The summed E-state index contributed by atoms with van der Waals surface area (Å²) in [6.07, 6.45) is -3.02. The molecule has 16 heavy (non-hydrogen) atoms. The van der Waals surface area contributed by atoms with Gasteiger partial charge in [-0.1, -0.05) is 0 Å². The molecule has 2 rings (SSSR count). The fourth-order valence-corrected chi connectivity index (χ4v) is 2.50. The van der Waals surface area contributed by atoms with E-state index in [2.05, 4.69) is 15.0 Å². The Morgan fingerprint density at radius 2 is 2.12 bits per heavy atom. The largest absolute Gasteiger partial charge is 0.411 e. The molecule has 2 aliphatic rings. The number of ether oxygens (including phenoxy) is 1. The molecular weight excluding hydrogens is 221 g/mol. The average Bonchev–Trinajstić information content (AvgIpc) is 2.70. The van der Waals surface area contributed by atoms with Gasteiger partial charge in [-0.15, -0.1) is 0 Å². The molecule has 0 spiro atoms. The van der Waals surface area contributed by atoms with Crippen LogP contribution in [-0.2, 0) is 4.74 Å². The molecule has 94 valence electrons. The van der Waals surface area contributed by atoms with Gasteiger partial charge in [0, 0.05) is 25.7 Å². The summed E-state index contributed by atoms with van der Waals surface area (Å²) >= 11 is 0. The van der Waals surface area contributed by atoms with Crippen LogP contribution in [0, 0.1) is 5.92 Å². The van der Waals surface area contributed by atoms with E-state index in [4.69, 9.17) is 0 Å². The smallest absolute Gasteiger partial charge is 0.371 e. The van der Waals surface area contributed by atoms with Gasteiger partial charge >= 0.3 is 6.18 Å². The maximum atomic E-state index is 11.8. The summed E-state index contributed by atoms with van der Waals surface area (Å²) in [7, 11) is 0. The first-order chi connectivity index (χ1) is 7.54. The highest BCUT2D eigenvalue weighted by Crippen LogP contribution is 2.24. The quantitative estimate of drug-likeness (QED) is 0.735. The summed E-state index contributed by atoms with van der Waals surface area (Å²) in [6.45, 7) is 2.65. The van der Waals surface area contributed by atoms with Crippen molar-refractivity contribution in [1.82, 2.24) is 10.2 Å². The van der Waals surface area contributed by atoms with Crippen LogP contribution in [0.5, 0.6) is 0 Å². The summed E-state index contributed by atoms with van der Waals surface area (Å²) in [4.78, 5) is 2.18. The molecule has 2 saturated heterocycles. The molecule has 2 fully saturated rings.